The molecule has 0 bridgehead atoms. The van der Waals surface area contributed by atoms with Crippen LogP contribution in [0.25, 0.3) is 5.65 Å². The number of halogens is 2. The van der Waals surface area contributed by atoms with Crippen LogP contribution >= 0.6 is 11.6 Å². The van der Waals surface area contributed by atoms with Crippen molar-refractivity contribution < 1.29 is 14.3 Å². The van der Waals surface area contributed by atoms with E-state index >= 15 is 0 Å². The zero-order valence-corrected chi connectivity index (χ0v) is 20.2. The highest BCUT2D eigenvalue weighted by Crippen LogP contribution is 2.37. The molecule has 3 aromatic rings. The Labute approximate surface area is 210 Å². The van der Waals surface area contributed by atoms with Gasteiger partial charge in [0.25, 0.3) is 0 Å². The number of aromatic nitrogens is 4. The standard InChI is InChI=1S/C22H22ClFN10O2/c1-3-27-19-20-28-10-13(9-26)34(20)31-21(30-19)29-15-6-12(8-25)7-17(18(15)23)33-5-4-16(14(24)11-33)32(2)22(35)36/h6-7,10,14,16H,3-5,11H2,1-2H3,(H,35,36)(H2,27,29,30,31)/t14-,16-/m0/s1. The number of fused-ring (bicyclic) bond motifs is 1. The molecule has 1 aliphatic heterocycles. The molecule has 0 unspecified atom stereocenters. The summed E-state index contributed by atoms with van der Waals surface area (Å²) in [6.45, 7) is 2.68. The minimum atomic E-state index is -1.45. The van der Waals surface area contributed by atoms with Crippen molar-refractivity contribution in [2.45, 2.75) is 25.6 Å². The fraction of sp³-hybridized carbons (Fsp3) is 0.364. The normalized spacial score (nSPS) is 17.3. The molecule has 1 saturated heterocycles. The van der Waals surface area contributed by atoms with E-state index in [9.17, 15) is 24.8 Å². The number of anilines is 4. The van der Waals surface area contributed by atoms with Crippen LogP contribution in [0.4, 0.5) is 32.3 Å². The number of nitriles is 2. The molecule has 4 rings (SSSR count). The number of benzene rings is 1. The first-order valence-electron chi connectivity index (χ1n) is 11.0. The van der Waals surface area contributed by atoms with Crippen LogP contribution in [0, 0.1) is 22.7 Å². The van der Waals surface area contributed by atoms with Crippen molar-refractivity contribution in [1.29, 1.82) is 10.5 Å². The number of hydrogen-bond acceptors (Lipinski definition) is 9. The number of carbonyl (C=O) groups is 1. The summed E-state index contributed by atoms with van der Waals surface area (Å²) in [5, 5.41) is 38.8. The molecule has 1 aliphatic rings. The number of carboxylic acid groups (broad SMARTS) is 1. The van der Waals surface area contributed by atoms with Crippen LogP contribution in [-0.4, -0.2) is 74.6 Å². The van der Waals surface area contributed by atoms with Crippen LogP contribution in [0.2, 0.25) is 5.02 Å². The summed E-state index contributed by atoms with van der Waals surface area (Å²) < 4.78 is 16.3. The highest BCUT2D eigenvalue weighted by Gasteiger charge is 2.35. The van der Waals surface area contributed by atoms with Gasteiger partial charge in [-0.05, 0) is 25.5 Å². The first-order chi connectivity index (χ1) is 17.3. The molecule has 3 N–H and O–H groups in total. The maximum atomic E-state index is 14.9. The van der Waals surface area contributed by atoms with Crippen LogP contribution in [-0.2, 0) is 0 Å². The van der Waals surface area contributed by atoms with Crippen LogP contribution < -0.4 is 15.5 Å². The molecule has 2 aromatic heterocycles. The Morgan fingerprint density at radius 3 is 2.81 bits per heavy atom. The Morgan fingerprint density at radius 2 is 2.17 bits per heavy atom. The van der Waals surface area contributed by atoms with Crippen molar-refractivity contribution in [3.05, 3.63) is 34.6 Å². The van der Waals surface area contributed by atoms with Crippen LogP contribution in [0.3, 0.4) is 0 Å². The van der Waals surface area contributed by atoms with E-state index in [1.54, 1.807) is 11.0 Å². The lowest BCUT2D eigenvalue weighted by Gasteiger charge is -2.39. The van der Waals surface area contributed by atoms with E-state index in [0.29, 0.717) is 35.9 Å². The molecule has 0 saturated carbocycles. The van der Waals surface area contributed by atoms with Crippen LogP contribution in [0.5, 0.6) is 0 Å². The lowest BCUT2D eigenvalue weighted by atomic mass is 10.0. The number of nitrogens with zero attached hydrogens (tertiary/aromatic N) is 8. The van der Waals surface area contributed by atoms with Crippen molar-refractivity contribution >= 4 is 46.5 Å². The molecule has 186 valence electrons. The number of hydrogen-bond donors (Lipinski definition) is 3. The Balaban J connectivity index is 1.69. The minimum Gasteiger partial charge on any atom is -0.465 e. The van der Waals surface area contributed by atoms with E-state index in [1.807, 2.05) is 13.0 Å². The number of nitrogens with one attached hydrogen (secondary N) is 2. The van der Waals surface area contributed by atoms with Gasteiger partial charge in [0, 0.05) is 20.1 Å². The quantitative estimate of drug-likeness (QED) is 0.447. The average Bonchev–Trinajstić information content (AvgIpc) is 3.28. The largest absolute Gasteiger partial charge is 0.465 e. The monoisotopic (exact) mass is 512 g/mol. The lowest BCUT2D eigenvalue weighted by Crippen LogP contribution is -2.52. The highest BCUT2D eigenvalue weighted by atomic mass is 35.5. The number of alkyl halides is 1. The lowest BCUT2D eigenvalue weighted by molar-refractivity contribution is 0.0950. The maximum absolute atomic E-state index is 14.9. The minimum absolute atomic E-state index is 0.0933. The molecule has 1 amide bonds. The fourth-order valence-corrected chi connectivity index (χ4v) is 4.38. The van der Waals surface area contributed by atoms with Crippen molar-refractivity contribution in [1.82, 2.24) is 24.5 Å². The van der Waals surface area contributed by atoms with E-state index in [0.717, 1.165) is 4.90 Å². The molecule has 14 heteroatoms. The van der Waals surface area contributed by atoms with E-state index in [4.69, 9.17) is 11.6 Å². The summed E-state index contributed by atoms with van der Waals surface area (Å²) >= 11 is 6.69. The zero-order chi connectivity index (χ0) is 26.0. The second-order valence-electron chi connectivity index (χ2n) is 8.11. The molecule has 36 heavy (non-hydrogen) atoms. The van der Waals surface area contributed by atoms with Gasteiger partial charge in [0.15, 0.2) is 17.2 Å². The fourth-order valence-electron chi connectivity index (χ4n) is 4.10. The molecule has 1 fully saturated rings. The van der Waals surface area contributed by atoms with Gasteiger partial charge in [-0.1, -0.05) is 11.6 Å². The van der Waals surface area contributed by atoms with E-state index < -0.39 is 18.3 Å². The molecular weight excluding hydrogens is 491 g/mol. The third kappa shape index (κ3) is 4.61. The van der Waals surface area contributed by atoms with Gasteiger partial charge in [-0.25, -0.2) is 14.2 Å². The maximum Gasteiger partial charge on any atom is 0.407 e. The zero-order valence-electron chi connectivity index (χ0n) is 19.4. The van der Waals surface area contributed by atoms with E-state index in [-0.39, 0.29) is 35.2 Å². The summed E-state index contributed by atoms with van der Waals surface area (Å²) in [5.74, 6) is 0.496. The SMILES string of the molecule is CCNc1nc(Nc2cc(C#N)cc(N3CC[C@H](N(C)C(=O)O)[C@@H](F)C3)c2Cl)nn2c(C#N)cnc12. The number of imidazole rings is 1. The Bertz CT molecular complexity index is 1400. The van der Waals surface area contributed by atoms with Gasteiger partial charge < -0.3 is 25.5 Å². The first kappa shape index (κ1) is 24.8. The van der Waals surface area contributed by atoms with Gasteiger partial charge in [0.1, 0.15) is 12.2 Å². The summed E-state index contributed by atoms with van der Waals surface area (Å²) in [5.41, 5.74) is 1.58. The van der Waals surface area contributed by atoms with Gasteiger partial charge in [0.05, 0.1) is 46.8 Å². The second-order valence-corrected chi connectivity index (χ2v) is 8.49. The molecule has 0 aliphatic carbocycles. The van der Waals surface area contributed by atoms with Crippen molar-refractivity contribution in [3.63, 3.8) is 0 Å². The molecule has 1 aromatic carbocycles. The second kappa shape index (κ2) is 10.1. The molecule has 0 spiro atoms. The predicted molar refractivity (Wildman–Crippen MR) is 130 cm³/mol. The summed E-state index contributed by atoms with van der Waals surface area (Å²) in [7, 11) is 1.34. The molecule has 12 nitrogen and oxygen atoms in total. The summed E-state index contributed by atoms with van der Waals surface area (Å²) in [6, 6.07) is 6.39. The first-order valence-corrected chi connectivity index (χ1v) is 11.4. The van der Waals surface area contributed by atoms with E-state index in [2.05, 4.69) is 31.8 Å². The Kier molecular flexibility index (Phi) is 6.94. The predicted octanol–water partition coefficient (Wildman–Crippen LogP) is 3.22. The molecular formula is C22H22ClFN10O2. The van der Waals surface area contributed by atoms with E-state index in [1.165, 1.54) is 23.8 Å². The Hall–Kier alpha value is -4.36. The molecule has 2 atom stereocenters. The van der Waals surface area contributed by atoms with Gasteiger partial charge >= 0.3 is 6.09 Å². The summed E-state index contributed by atoms with van der Waals surface area (Å²) in [6.07, 6.45) is -1.01. The smallest absolute Gasteiger partial charge is 0.407 e. The number of rotatable bonds is 6. The third-order valence-electron chi connectivity index (χ3n) is 5.90. The topological polar surface area (TPSA) is 158 Å². The highest BCUT2D eigenvalue weighted by molar-refractivity contribution is 6.36. The van der Waals surface area contributed by atoms with Gasteiger partial charge in [-0.2, -0.15) is 20.0 Å². The number of amides is 1. The van der Waals surface area contributed by atoms with Crippen LogP contribution in [0.15, 0.2) is 18.3 Å². The number of piperidine rings is 1. The molecule has 0 radical (unpaired) electrons. The van der Waals surface area contributed by atoms with Crippen LogP contribution in [0.1, 0.15) is 24.6 Å². The van der Waals surface area contributed by atoms with Crippen molar-refractivity contribution in [2.24, 2.45) is 0 Å². The summed E-state index contributed by atoms with van der Waals surface area (Å²) in [4.78, 5) is 22.5. The van der Waals surface area contributed by atoms with Crippen molar-refractivity contribution in [2.75, 3.05) is 42.2 Å². The third-order valence-corrected chi connectivity index (χ3v) is 6.29. The Morgan fingerprint density at radius 1 is 1.39 bits per heavy atom. The molecule has 3 heterocycles. The van der Waals surface area contributed by atoms with Gasteiger partial charge in [-0.15, -0.1) is 5.10 Å². The van der Waals surface area contributed by atoms with Crippen molar-refractivity contribution in [3.8, 4) is 12.1 Å². The van der Waals surface area contributed by atoms with Gasteiger partial charge in [-0.3, -0.25) is 0 Å². The van der Waals surface area contributed by atoms with Gasteiger partial charge in [0.2, 0.25) is 5.95 Å². The average molecular weight is 513 g/mol.